The summed E-state index contributed by atoms with van der Waals surface area (Å²) in [5.41, 5.74) is 6.31. The van der Waals surface area contributed by atoms with Crippen LogP contribution in [0.25, 0.3) is 0 Å². The van der Waals surface area contributed by atoms with E-state index in [-0.39, 0.29) is 11.1 Å². The lowest BCUT2D eigenvalue weighted by atomic mass is 10.0. The minimum Gasteiger partial charge on any atom is -0.496 e. The van der Waals surface area contributed by atoms with Gasteiger partial charge in [-0.1, -0.05) is 12.1 Å². The molecule has 3 nitrogen and oxygen atoms in total. The second-order valence-corrected chi connectivity index (χ2v) is 3.77. The van der Waals surface area contributed by atoms with Crippen molar-refractivity contribution in [3.05, 3.63) is 59.4 Å². The van der Waals surface area contributed by atoms with Crippen molar-refractivity contribution in [2.24, 2.45) is 0 Å². The fourth-order valence-corrected chi connectivity index (χ4v) is 1.69. The van der Waals surface area contributed by atoms with Crippen LogP contribution in [0.3, 0.4) is 0 Å². The molecule has 0 aliphatic carbocycles. The summed E-state index contributed by atoms with van der Waals surface area (Å²) in [4.78, 5) is 12.2. The maximum absolute atomic E-state index is 13.6. The first-order valence-electron chi connectivity index (χ1n) is 5.36. The molecule has 0 radical (unpaired) electrons. The van der Waals surface area contributed by atoms with Gasteiger partial charge in [0.2, 0.25) is 0 Å². The van der Waals surface area contributed by atoms with Gasteiger partial charge in [0.05, 0.1) is 18.2 Å². The van der Waals surface area contributed by atoms with Crippen molar-refractivity contribution in [3.63, 3.8) is 0 Å². The molecule has 0 fully saturated rings. The summed E-state index contributed by atoms with van der Waals surface area (Å²) in [5.74, 6) is -0.637. The molecule has 0 aromatic heterocycles. The third-order valence-corrected chi connectivity index (χ3v) is 2.59. The summed E-state index contributed by atoms with van der Waals surface area (Å²) in [6, 6.07) is 10.5. The van der Waals surface area contributed by atoms with Crippen molar-refractivity contribution in [2.45, 2.75) is 0 Å². The normalized spacial score (nSPS) is 10.1. The number of benzene rings is 2. The topological polar surface area (TPSA) is 52.3 Å². The number of hydrogen-bond acceptors (Lipinski definition) is 3. The fourth-order valence-electron chi connectivity index (χ4n) is 1.69. The number of methoxy groups -OCH3 is 1. The number of hydrogen-bond donors (Lipinski definition) is 1. The van der Waals surface area contributed by atoms with Crippen molar-refractivity contribution < 1.29 is 13.9 Å². The van der Waals surface area contributed by atoms with Gasteiger partial charge in [-0.2, -0.15) is 0 Å². The molecule has 92 valence electrons. The van der Waals surface area contributed by atoms with E-state index in [1.807, 2.05) is 0 Å². The van der Waals surface area contributed by atoms with Gasteiger partial charge >= 0.3 is 0 Å². The van der Waals surface area contributed by atoms with Gasteiger partial charge < -0.3 is 10.5 Å². The first-order valence-corrected chi connectivity index (χ1v) is 5.36. The number of nitrogen functional groups attached to an aromatic ring is 1. The zero-order valence-electron chi connectivity index (χ0n) is 9.81. The second-order valence-electron chi connectivity index (χ2n) is 3.77. The Bertz CT molecular complexity index is 596. The number of rotatable bonds is 3. The Morgan fingerprint density at radius 2 is 1.89 bits per heavy atom. The van der Waals surface area contributed by atoms with E-state index < -0.39 is 11.6 Å². The Balaban J connectivity index is 2.52. The molecular weight excluding hydrogens is 233 g/mol. The first kappa shape index (κ1) is 12.1. The molecular formula is C14H12FNO2. The molecule has 0 aliphatic heterocycles. The first-order chi connectivity index (χ1) is 8.63. The molecule has 0 saturated carbocycles. The van der Waals surface area contributed by atoms with Crippen LogP contribution >= 0.6 is 0 Å². The lowest BCUT2D eigenvalue weighted by Crippen LogP contribution is -2.07. The third kappa shape index (κ3) is 2.18. The third-order valence-electron chi connectivity index (χ3n) is 2.59. The van der Waals surface area contributed by atoms with E-state index in [1.165, 1.54) is 31.4 Å². The second kappa shape index (κ2) is 4.87. The molecule has 18 heavy (non-hydrogen) atoms. The number of ether oxygens (including phenoxy) is 1. The van der Waals surface area contributed by atoms with E-state index in [2.05, 4.69) is 0 Å². The number of ketones is 1. The molecule has 0 heterocycles. The molecule has 0 aliphatic rings. The summed E-state index contributed by atoms with van der Waals surface area (Å²) < 4.78 is 18.7. The number of carbonyl (C=O) groups is 1. The van der Waals surface area contributed by atoms with Gasteiger partial charge in [0.15, 0.2) is 5.78 Å². The van der Waals surface area contributed by atoms with Crippen LogP contribution in [0, 0.1) is 5.82 Å². The van der Waals surface area contributed by atoms with Gasteiger partial charge in [0.1, 0.15) is 11.6 Å². The van der Waals surface area contributed by atoms with Gasteiger partial charge in [-0.25, -0.2) is 4.39 Å². The van der Waals surface area contributed by atoms with Crippen molar-refractivity contribution in [1.82, 2.24) is 0 Å². The molecule has 0 amide bonds. The molecule has 0 spiro atoms. The maximum atomic E-state index is 13.6. The van der Waals surface area contributed by atoms with E-state index in [9.17, 15) is 9.18 Å². The Hall–Kier alpha value is -2.36. The number of carbonyl (C=O) groups excluding carboxylic acids is 1. The van der Waals surface area contributed by atoms with Crippen LogP contribution in [0.15, 0.2) is 42.5 Å². The highest BCUT2D eigenvalue weighted by atomic mass is 19.1. The van der Waals surface area contributed by atoms with E-state index in [1.54, 1.807) is 18.2 Å². The molecule has 0 bridgehead atoms. The van der Waals surface area contributed by atoms with Crippen molar-refractivity contribution in [2.75, 3.05) is 12.8 Å². The van der Waals surface area contributed by atoms with Gasteiger partial charge in [-0.05, 0) is 30.3 Å². The minimum atomic E-state index is -0.563. The number of nitrogens with two attached hydrogens (primary N) is 1. The standard InChI is InChI=1S/C14H12FNO2/c1-18-13-7-6-9(16)8-11(13)14(17)10-4-2-3-5-12(10)15/h2-8H,16H2,1H3. The predicted molar refractivity (Wildman–Crippen MR) is 67.2 cm³/mol. The Kier molecular flexibility index (Phi) is 3.28. The minimum absolute atomic E-state index is 0.00130. The van der Waals surface area contributed by atoms with E-state index in [0.717, 1.165) is 0 Å². The predicted octanol–water partition coefficient (Wildman–Crippen LogP) is 2.65. The molecule has 2 aromatic rings. The van der Waals surface area contributed by atoms with Crippen LogP contribution in [-0.2, 0) is 0 Å². The molecule has 2 aromatic carbocycles. The highest BCUT2D eigenvalue weighted by molar-refractivity contribution is 6.11. The highest BCUT2D eigenvalue weighted by Gasteiger charge is 2.17. The van der Waals surface area contributed by atoms with Crippen molar-refractivity contribution >= 4 is 11.5 Å². The quantitative estimate of drug-likeness (QED) is 0.668. The number of halogens is 1. The molecule has 0 atom stereocenters. The summed E-state index contributed by atoms with van der Waals surface area (Å²) in [6.07, 6.45) is 0. The van der Waals surface area contributed by atoms with Crippen LogP contribution in [0.1, 0.15) is 15.9 Å². The smallest absolute Gasteiger partial charge is 0.199 e. The van der Waals surface area contributed by atoms with Crippen LogP contribution < -0.4 is 10.5 Å². The molecule has 0 saturated heterocycles. The zero-order chi connectivity index (χ0) is 13.1. The van der Waals surface area contributed by atoms with Crippen LogP contribution in [0.2, 0.25) is 0 Å². The lowest BCUT2D eigenvalue weighted by molar-refractivity contribution is 0.103. The van der Waals surface area contributed by atoms with Crippen LogP contribution in [0.4, 0.5) is 10.1 Å². The monoisotopic (exact) mass is 245 g/mol. The maximum Gasteiger partial charge on any atom is 0.199 e. The van der Waals surface area contributed by atoms with Crippen LogP contribution in [0.5, 0.6) is 5.75 Å². The summed E-state index contributed by atoms with van der Waals surface area (Å²) in [6.45, 7) is 0. The number of anilines is 1. The Morgan fingerprint density at radius 1 is 1.17 bits per heavy atom. The summed E-state index contributed by atoms with van der Waals surface area (Å²) >= 11 is 0. The fraction of sp³-hybridized carbons (Fsp3) is 0.0714. The van der Waals surface area contributed by atoms with Crippen molar-refractivity contribution in [1.29, 1.82) is 0 Å². The Labute approximate surface area is 104 Å². The average Bonchev–Trinajstić information content (AvgIpc) is 2.38. The highest BCUT2D eigenvalue weighted by Crippen LogP contribution is 2.24. The molecule has 4 heteroatoms. The van der Waals surface area contributed by atoms with Crippen LogP contribution in [-0.4, -0.2) is 12.9 Å². The van der Waals surface area contributed by atoms with Gasteiger partial charge in [-0.15, -0.1) is 0 Å². The van der Waals surface area contributed by atoms with Crippen molar-refractivity contribution in [3.8, 4) is 5.75 Å². The summed E-state index contributed by atoms with van der Waals surface area (Å²) in [5, 5.41) is 0. The average molecular weight is 245 g/mol. The van der Waals surface area contributed by atoms with Gasteiger partial charge in [0.25, 0.3) is 0 Å². The Morgan fingerprint density at radius 3 is 2.56 bits per heavy atom. The molecule has 0 unspecified atom stereocenters. The van der Waals surface area contributed by atoms with Gasteiger partial charge in [-0.3, -0.25) is 4.79 Å². The van der Waals surface area contributed by atoms with E-state index in [0.29, 0.717) is 11.4 Å². The molecule has 2 N–H and O–H groups in total. The lowest BCUT2D eigenvalue weighted by Gasteiger charge is -2.09. The van der Waals surface area contributed by atoms with Gasteiger partial charge in [0, 0.05) is 5.69 Å². The SMILES string of the molecule is COc1ccc(N)cc1C(=O)c1ccccc1F. The molecule has 2 rings (SSSR count). The zero-order valence-corrected chi connectivity index (χ0v) is 9.81. The summed E-state index contributed by atoms with van der Waals surface area (Å²) in [7, 11) is 1.45. The van der Waals surface area contributed by atoms with E-state index >= 15 is 0 Å². The largest absolute Gasteiger partial charge is 0.496 e. The van der Waals surface area contributed by atoms with E-state index in [4.69, 9.17) is 10.5 Å².